The molecular weight excluding hydrogens is 280 g/mol. The summed E-state index contributed by atoms with van der Waals surface area (Å²) in [4.78, 5) is 19.4. The van der Waals surface area contributed by atoms with Crippen LogP contribution in [0.3, 0.4) is 0 Å². The monoisotopic (exact) mass is 295 g/mol. The number of carbonyl (C=O) groups excluding carboxylic acids is 1. The van der Waals surface area contributed by atoms with E-state index < -0.39 is 17.0 Å². The number of primary amides is 1. The number of hydrogen-bond donors (Lipinski definition) is 2. The summed E-state index contributed by atoms with van der Waals surface area (Å²) in [5.74, 6) is 0.385. The second-order valence-corrected chi connectivity index (χ2v) is 6.48. The quantitative estimate of drug-likeness (QED) is 0.754. The molecule has 1 amide bonds. The summed E-state index contributed by atoms with van der Waals surface area (Å²) >= 11 is -2.27. The van der Waals surface area contributed by atoms with Gasteiger partial charge in [0.2, 0.25) is 0 Å². The number of rotatable bonds is 5. The number of amides is 1. The highest BCUT2D eigenvalue weighted by molar-refractivity contribution is 7.78. The highest BCUT2D eigenvalue weighted by atomic mass is 32.2. The molecule has 1 aromatic rings. The van der Waals surface area contributed by atoms with Crippen LogP contribution in [0, 0.1) is 5.92 Å². The van der Waals surface area contributed by atoms with Crippen molar-refractivity contribution in [2.75, 3.05) is 5.32 Å². The SMILES string of the molecule is NC(=O)c1cnc(CS(=O)[O-])nc1NC12CCC(C1)C2. The van der Waals surface area contributed by atoms with Crippen LogP contribution < -0.4 is 11.1 Å². The zero-order valence-corrected chi connectivity index (χ0v) is 11.6. The molecule has 3 saturated carbocycles. The first kappa shape index (κ1) is 13.4. The van der Waals surface area contributed by atoms with E-state index in [9.17, 15) is 13.6 Å². The van der Waals surface area contributed by atoms with Crippen LogP contribution in [0.2, 0.25) is 0 Å². The van der Waals surface area contributed by atoms with Crippen molar-refractivity contribution in [2.45, 2.75) is 37.0 Å². The Balaban J connectivity index is 1.89. The summed E-state index contributed by atoms with van der Waals surface area (Å²) in [7, 11) is 0. The fourth-order valence-electron chi connectivity index (χ4n) is 3.22. The Kier molecular flexibility index (Phi) is 3.21. The first-order valence-corrected chi connectivity index (χ1v) is 7.72. The molecule has 1 atom stereocenters. The normalized spacial score (nSPS) is 28.8. The fourth-order valence-corrected chi connectivity index (χ4v) is 3.57. The van der Waals surface area contributed by atoms with Crippen molar-refractivity contribution in [3.8, 4) is 0 Å². The molecule has 20 heavy (non-hydrogen) atoms. The molecule has 0 aromatic carbocycles. The molecule has 1 heterocycles. The number of nitrogens with one attached hydrogen (secondary N) is 1. The second-order valence-electron chi connectivity index (χ2n) is 5.58. The van der Waals surface area contributed by atoms with E-state index in [-0.39, 0.29) is 22.7 Å². The van der Waals surface area contributed by atoms with Gasteiger partial charge in [0.25, 0.3) is 5.91 Å². The maximum atomic E-state index is 11.4. The lowest BCUT2D eigenvalue weighted by molar-refractivity contribution is 0.1000. The van der Waals surface area contributed by atoms with E-state index in [1.807, 2.05) is 0 Å². The molecule has 3 N–H and O–H groups in total. The zero-order chi connectivity index (χ0) is 14.3. The van der Waals surface area contributed by atoms with E-state index in [1.54, 1.807) is 0 Å². The van der Waals surface area contributed by atoms with E-state index in [4.69, 9.17) is 5.73 Å². The Labute approximate surface area is 118 Å². The molecule has 0 radical (unpaired) electrons. The highest BCUT2D eigenvalue weighted by Crippen LogP contribution is 2.53. The molecule has 8 heteroatoms. The molecule has 1 unspecified atom stereocenters. The molecule has 3 aliphatic rings. The van der Waals surface area contributed by atoms with Crippen molar-refractivity contribution in [1.82, 2.24) is 9.97 Å². The van der Waals surface area contributed by atoms with E-state index in [2.05, 4.69) is 15.3 Å². The molecule has 4 rings (SSSR count). The molecule has 108 valence electrons. The van der Waals surface area contributed by atoms with Gasteiger partial charge in [0.05, 0.1) is 11.3 Å². The smallest absolute Gasteiger partial charge is 0.254 e. The minimum Gasteiger partial charge on any atom is -0.772 e. The van der Waals surface area contributed by atoms with Crippen molar-refractivity contribution in [3.63, 3.8) is 0 Å². The zero-order valence-electron chi connectivity index (χ0n) is 10.8. The van der Waals surface area contributed by atoms with Crippen LogP contribution in [0.1, 0.15) is 41.9 Å². The van der Waals surface area contributed by atoms with Crippen molar-refractivity contribution in [3.05, 3.63) is 17.6 Å². The predicted molar refractivity (Wildman–Crippen MR) is 71.5 cm³/mol. The third-order valence-electron chi connectivity index (χ3n) is 4.12. The fraction of sp³-hybridized carbons (Fsp3) is 0.583. The van der Waals surface area contributed by atoms with Crippen LogP contribution in [-0.4, -0.2) is 30.2 Å². The number of fused-ring (bicyclic) bond motifs is 1. The van der Waals surface area contributed by atoms with Gasteiger partial charge >= 0.3 is 0 Å². The molecule has 2 bridgehead atoms. The van der Waals surface area contributed by atoms with Gasteiger partial charge < -0.3 is 15.6 Å². The number of hydrogen-bond acceptors (Lipinski definition) is 6. The van der Waals surface area contributed by atoms with Gasteiger partial charge in [-0.3, -0.25) is 9.00 Å². The maximum Gasteiger partial charge on any atom is 0.254 e. The Morgan fingerprint density at radius 3 is 2.90 bits per heavy atom. The Morgan fingerprint density at radius 1 is 1.60 bits per heavy atom. The van der Waals surface area contributed by atoms with Gasteiger partial charge in [0, 0.05) is 11.7 Å². The number of aromatic nitrogens is 2. The number of carbonyl (C=O) groups is 1. The third-order valence-corrected chi connectivity index (χ3v) is 4.62. The topological polar surface area (TPSA) is 121 Å². The molecular formula is C12H15N4O3S-. The summed E-state index contributed by atoms with van der Waals surface area (Å²) in [5, 5.41) is 3.29. The van der Waals surface area contributed by atoms with Gasteiger partial charge in [-0.05, 0) is 42.7 Å². The molecule has 7 nitrogen and oxygen atoms in total. The average molecular weight is 295 g/mol. The summed E-state index contributed by atoms with van der Waals surface area (Å²) in [6.45, 7) is 0. The van der Waals surface area contributed by atoms with Crippen LogP contribution in [0.25, 0.3) is 0 Å². The molecule has 3 aliphatic carbocycles. The van der Waals surface area contributed by atoms with Gasteiger partial charge in [0.15, 0.2) is 0 Å². The lowest BCUT2D eigenvalue weighted by atomic mass is 9.77. The predicted octanol–water partition coefficient (Wildman–Crippen LogP) is 0.309. The second kappa shape index (κ2) is 4.78. The van der Waals surface area contributed by atoms with Crippen molar-refractivity contribution >= 4 is 22.8 Å². The first-order chi connectivity index (χ1) is 9.47. The Hall–Kier alpha value is -1.54. The van der Waals surface area contributed by atoms with Crippen LogP contribution in [-0.2, 0) is 16.8 Å². The van der Waals surface area contributed by atoms with E-state index in [1.165, 1.54) is 12.6 Å². The van der Waals surface area contributed by atoms with Gasteiger partial charge in [-0.2, -0.15) is 0 Å². The van der Waals surface area contributed by atoms with Crippen LogP contribution in [0.15, 0.2) is 6.20 Å². The van der Waals surface area contributed by atoms with Crippen molar-refractivity contribution < 1.29 is 13.6 Å². The van der Waals surface area contributed by atoms with Crippen molar-refractivity contribution in [2.24, 2.45) is 11.7 Å². The summed E-state index contributed by atoms with van der Waals surface area (Å²) in [6, 6.07) is 0. The van der Waals surface area contributed by atoms with Gasteiger partial charge in [-0.15, -0.1) is 0 Å². The third kappa shape index (κ3) is 2.40. The maximum absolute atomic E-state index is 11.4. The standard InChI is InChI=1S/C12H16N4O3S/c13-10(17)8-5-14-9(6-20(18)19)15-11(8)16-12-2-1-7(3-12)4-12/h5,7H,1-4,6H2,(H2,13,17)(H,18,19)(H,14,15,16)/p-1. The molecule has 0 saturated heterocycles. The average Bonchev–Trinajstić information content (AvgIpc) is 2.87. The minimum absolute atomic E-state index is 0.00287. The number of nitrogens with two attached hydrogens (primary N) is 1. The molecule has 0 spiro atoms. The highest BCUT2D eigenvalue weighted by Gasteiger charge is 2.50. The largest absolute Gasteiger partial charge is 0.772 e. The van der Waals surface area contributed by atoms with Crippen molar-refractivity contribution in [1.29, 1.82) is 0 Å². The van der Waals surface area contributed by atoms with Crippen LogP contribution in [0.4, 0.5) is 5.82 Å². The Morgan fingerprint density at radius 2 is 2.35 bits per heavy atom. The van der Waals surface area contributed by atoms with Crippen LogP contribution in [0.5, 0.6) is 0 Å². The lowest BCUT2D eigenvalue weighted by Gasteiger charge is -2.40. The van der Waals surface area contributed by atoms with E-state index in [0.29, 0.717) is 5.82 Å². The molecule has 1 aromatic heterocycles. The van der Waals surface area contributed by atoms with Gasteiger partial charge in [-0.1, -0.05) is 0 Å². The first-order valence-electron chi connectivity index (χ1n) is 6.47. The Bertz CT molecular complexity index is 581. The van der Waals surface area contributed by atoms with Crippen LogP contribution >= 0.6 is 0 Å². The lowest BCUT2D eigenvalue weighted by Crippen LogP contribution is -2.43. The summed E-state index contributed by atoms with van der Waals surface area (Å²) in [6.07, 6.45) is 5.65. The number of anilines is 1. The number of nitrogens with zero attached hydrogens (tertiary/aromatic N) is 2. The summed E-state index contributed by atoms with van der Waals surface area (Å²) in [5.41, 5.74) is 5.52. The summed E-state index contributed by atoms with van der Waals surface area (Å²) < 4.78 is 21.4. The molecule has 3 fully saturated rings. The van der Waals surface area contributed by atoms with Gasteiger partial charge in [-0.25, -0.2) is 9.97 Å². The van der Waals surface area contributed by atoms with Gasteiger partial charge in [0.1, 0.15) is 11.6 Å². The molecule has 0 aliphatic heterocycles. The van der Waals surface area contributed by atoms with E-state index in [0.717, 1.165) is 25.2 Å². The van der Waals surface area contributed by atoms with E-state index >= 15 is 0 Å². The minimum atomic E-state index is -2.27.